The van der Waals surface area contributed by atoms with E-state index in [0.29, 0.717) is 51.0 Å². The molecule has 2 atom stereocenters. The second-order valence-corrected chi connectivity index (χ2v) is 10.9. The second-order valence-electron chi connectivity index (χ2n) is 8.62. The molecule has 3 rings (SSSR count). The second kappa shape index (κ2) is 8.15. The van der Waals surface area contributed by atoms with E-state index in [0.717, 1.165) is 25.9 Å². The third-order valence-electron chi connectivity index (χ3n) is 6.75. The van der Waals surface area contributed by atoms with E-state index < -0.39 is 14.6 Å². The Morgan fingerprint density at radius 2 is 1.85 bits per heavy atom. The third-order valence-corrected chi connectivity index (χ3v) is 8.75. The largest absolute Gasteiger partial charge is 0.341 e. The van der Waals surface area contributed by atoms with Crippen LogP contribution in [0.4, 0.5) is 0 Å². The third kappa shape index (κ3) is 4.09. The van der Waals surface area contributed by atoms with Crippen molar-refractivity contribution < 1.29 is 13.2 Å². The Morgan fingerprint density at radius 3 is 2.50 bits per heavy atom. The topological polar surface area (TPSA) is 69.7 Å². The van der Waals surface area contributed by atoms with Crippen molar-refractivity contribution in [3.05, 3.63) is 0 Å². The fourth-order valence-electron chi connectivity index (χ4n) is 5.02. The fourth-order valence-corrected chi connectivity index (χ4v) is 6.41. The maximum atomic E-state index is 13.3. The lowest BCUT2D eigenvalue weighted by molar-refractivity contribution is -0.136. The molecule has 7 heteroatoms. The van der Waals surface area contributed by atoms with Gasteiger partial charge in [-0.2, -0.15) is 0 Å². The highest BCUT2D eigenvalue weighted by Gasteiger charge is 2.51. The maximum Gasteiger partial charge on any atom is 0.244 e. The van der Waals surface area contributed by atoms with Gasteiger partial charge in [-0.15, -0.1) is 0 Å². The Balaban J connectivity index is 1.68. The van der Waals surface area contributed by atoms with Crippen LogP contribution in [0.25, 0.3) is 0 Å². The minimum Gasteiger partial charge on any atom is -0.341 e. The van der Waals surface area contributed by atoms with Gasteiger partial charge in [-0.25, -0.2) is 8.42 Å². The Kier molecular flexibility index (Phi) is 6.29. The lowest BCUT2D eigenvalue weighted by Crippen LogP contribution is -2.60. The summed E-state index contributed by atoms with van der Waals surface area (Å²) in [5, 5.41) is 3.20. The zero-order valence-electron chi connectivity index (χ0n) is 16.4. The monoisotopic (exact) mass is 385 g/mol. The van der Waals surface area contributed by atoms with E-state index in [-0.39, 0.29) is 5.91 Å². The van der Waals surface area contributed by atoms with Crippen LogP contribution in [-0.4, -0.2) is 80.4 Å². The Labute approximate surface area is 158 Å². The van der Waals surface area contributed by atoms with Crippen LogP contribution in [0.5, 0.6) is 0 Å². The Bertz CT molecular complexity index is 601. The molecule has 1 N–H and O–H groups in total. The molecule has 0 aromatic carbocycles. The molecule has 2 unspecified atom stereocenters. The van der Waals surface area contributed by atoms with Crippen molar-refractivity contribution in [2.24, 2.45) is 5.92 Å². The van der Waals surface area contributed by atoms with Crippen molar-refractivity contribution in [2.45, 2.75) is 62.7 Å². The van der Waals surface area contributed by atoms with Gasteiger partial charge in [0.15, 0.2) is 14.6 Å². The van der Waals surface area contributed by atoms with Gasteiger partial charge in [0, 0.05) is 31.9 Å². The molecule has 6 nitrogen and oxygen atoms in total. The average molecular weight is 386 g/mol. The molecule has 0 aromatic rings. The fraction of sp³-hybridized carbons (Fsp3) is 0.947. The van der Waals surface area contributed by atoms with Crippen molar-refractivity contribution in [1.29, 1.82) is 0 Å². The minimum atomic E-state index is -3.43. The van der Waals surface area contributed by atoms with Gasteiger partial charge in [0.05, 0.1) is 0 Å². The van der Waals surface area contributed by atoms with E-state index in [1.807, 2.05) is 4.90 Å². The van der Waals surface area contributed by atoms with Crippen molar-refractivity contribution in [3.63, 3.8) is 0 Å². The van der Waals surface area contributed by atoms with Crippen LogP contribution < -0.4 is 5.32 Å². The van der Waals surface area contributed by atoms with Gasteiger partial charge in [0.2, 0.25) is 5.91 Å². The molecule has 0 saturated carbocycles. The highest BCUT2D eigenvalue weighted by atomic mass is 32.2. The van der Waals surface area contributed by atoms with Crippen molar-refractivity contribution in [2.75, 3.05) is 45.5 Å². The molecule has 3 aliphatic heterocycles. The SMILES string of the molecule is CC1CCCCN1CC1CCCN(C(=O)C2(S(C)(=O)=O)CCNCC2)C1. The van der Waals surface area contributed by atoms with Gasteiger partial charge < -0.3 is 15.1 Å². The van der Waals surface area contributed by atoms with E-state index in [4.69, 9.17) is 0 Å². The quantitative estimate of drug-likeness (QED) is 0.789. The Hall–Kier alpha value is -0.660. The van der Waals surface area contributed by atoms with Crippen LogP contribution in [0.2, 0.25) is 0 Å². The molecule has 1 amide bonds. The maximum absolute atomic E-state index is 13.3. The van der Waals surface area contributed by atoms with Crippen LogP contribution in [0, 0.1) is 5.92 Å². The summed E-state index contributed by atoms with van der Waals surface area (Å²) in [6.07, 6.45) is 8.01. The molecule has 3 aliphatic rings. The number of piperidine rings is 3. The van der Waals surface area contributed by atoms with Crippen LogP contribution in [0.1, 0.15) is 51.9 Å². The summed E-state index contributed by atoms with van der Waals surface area (Å²) in [4.78, 5) is 17.8. The first-order valence-electron chi connectivity index (χ1n) is 10.3. The van der Waals surface area contributed by atoms with E-state index in [1.54, 1.807) is 0 Å². The summed E-state index contributed by atoms with van der Waals surface area (Å²) >= 11 is 0. The molecule has 3 heterocycles. The van der Waals surface area contributed by atoms with E-state index >= 15 is 0 Å². The summed E-state index contributed by atoms with van der Waals surface area (Å²) in [5.74, 6) is 0.324. The van der Waals surface area contributed by atoms with Gasteiger partial charge in [-0.1, -0.05) is 6.42 Å². The average Bonchev–Trinajstić information content (AvgIpc) is 2.63. The lowest BCUT2D eigenvalue weighted by atomic mass is 9.91. The number of hydrogen-bond acceptors (Lipinski definition) is 5. The number of nitrogens with one attached hydrogen (secondary N) is 1. The number of hydrogen-bond donors (Lipinski definition) is 1. The Morgan fingerprint density at radius 1 is 1.12 bits per heavy atom. The number of sulfone groups is 1. The predicted octanol–water partition coefficient (Wildman–Crippen LogP) is 1.27. The first kappa shape index (κ1) is 20.1. The van der Waals surface area contributed by atoms with Crippen LogP contribution >= 0.6 is 0 Å². The first-order valence-corrected chi connectivity index (χ1v) is 12.2. The van der Waals surface area contributed by atoms with Crippen LogP contribution in [-0.2, 0) is 14.6 Å². The summed E-state index contributed by atoms with van der Waals surface area (Å²) in [7, 11) is -3.43. The van der Waals surface area contributed by atoms with Crippen molar-refractivity contribution >= 4 is 15.7 Å². The van der Waals surface area contributed by atoms with Gasteiger partial charge in [0.1, 0.15) is 0 Å². The highest BCUT2D eigenvalue weighted by Crippen LogP contribution is 2.32. The summed E-state index contributed by atoms with van der Waals surface area (Å²) in [6, 6.07) is 0.626. The van der Waals surface area contributed by atoms with E-state index in [9.17, 15) is 13.2 Å². The molecule has 150 valence electrons. The van der Waals surface area contributed by atoms with Gasteiger partial charge >= 0.3 is 0 Å². The zero-order valence-corrected chi connectivity index (χ0v) is 17.2. The van der Waals surface area contributed by atoms with Crippen molar-refractivity contribution in [3.8, 4) is 0 Å². The summed E-state index contributed by atoms with van der Waals surface area (Å²) in [6.45, 7) is 7.12. The number of likely N-dealkylation sites (tertiary alicyclic amines) is 2. The van der Waals surface area contributed by atoms with Crippen LogP contribution in [0.3, 0.4) is 0 Å². The molecule has 0 aliphatic carbocycles. The van der Waals surface area contributed by atoms with Crippen molar-refractivity contribution in [1.82, 2.24) is 15.1 Å². The highest BCUT2D eigenvalue weighted by molar-refractivity contribution is 7.92. The molecular formula is C19H35N3O3S. The smallest absolute Gasteiger partial charge is 0.244 e. The number of amides is 1. The normalized spacial score (nSPS) is 30.9. The molecule has 0 radical (unpaired) electrons. The standard InChI is InChI=1S/C19H35N3O3S/c1-16-6-3-4-12-21(16)14-17-7-5-13-22(15-17)18(23)19(26(2,24)25)8-10-20-11-9-19/h16-17,20H,3-15H2,1-2H3. The molecule has 0 spiro atoms. The summed E-state index contributed by atoms with van der Waals surface area (Å²) in [5.41, 5.74) is 0. The van der Waals surface area contributed by atoms with Gasteiger partial charge in [-0.05, 0) is 71.0 Å². The number of carbonyl (C=O) groups excluding carboxylic acids is 1. The zero-order chi connectivity index (χ0) is 18.8. The predicted molar refractivity (Wildman–Crippen MR) is 104 cm³/mol. The van der Waals surface area contributed by atoms with Gasteiger partial charge in [-0.3, -0.25) is 4.79 Å². The van der Waals surface area contributed by atoms with E-state index in [1.165, 1.54) is 25.5 Å². The van der Waals surface area contributed by atoms with Gasteiger partial charge in [0.25, 0.3) is 0 Å². The molecule has 3 saturated heterocycles. The summed E-state index contributed by atoms with van der Waals surface area (Å²) < 4.78 is 23.9. The number of rotatable bonds is 4. The molecule has 0 aromatic heterocycles. The molecule has 0 bridgehead atoms. The molecule has 3 fully saturated rings. The van der Waals surface area contributed by atoms with Crippen LogP contribution in [0.15, 0.2) is 0 Å². The van der Waals surface area contributed by atoms with E-state index in [2.05, 4.69) is 17.1 Å². The number of carbonyl (C=O) groups is 1. The minimum absolute atomic E-state index is 0.141. The first-order chi connectivity index (χ1) is 12.3. The number of nitrogens with zero attached hydrogens (tertiary/aromatic N) is 2. The lowest BCUT2D eigenvalue weighted by Gasteiger charge is -2.43. The molecular weight excluding hydrogens is 350 g/mol. The molecule has 26 heavy (non-hydrogen) atoms.